The van der Waals surface area contributed by atoms with E-state index in [0.29, 0.717) is 27.5 Å². The maximum absolute atomic E-state index is 12.5. The normalized spacial score (nSPS) is 17.7. The molecule has 0 unspecified atom stereocenters. The molecule has 4 rings (SSSR count). The van der Waals surface area contributed by atoms with Crippen molar-refractivity contribution in [1.82, 2.24) is 9.97 Å². The van der Waals surface area contributed by atoms with Gasteiger partial charge in [0.25, 0.3) is 5.56 Å². The first kappa shape index (κ1) is 17.0. The third-order valence-corrected chi connectivity index (χ3v) is 6.05. The number of carbonyl (C=O) groups excluding carboxylic acids is 1. The van der Waals surface area contributed by atoms with E-state index in [1.807, 2.05) is 12.1 Å². The fourth-order valence-corrected chi connectivity index (χ4v) is 4.47. The second-order valence-corrected chi connectivity index (χ2v) is 8.06. The molecule has 2 aromatic heterocycles. The molecule has 1 aromatic carbocycles. The Morgan fingerprint density at radius 1 is 1.38 bits per heavy atom. The smallest absolute Gasteiger partial charge is 0.349 e. The van der Waals surface area contributed by atoms with Gasteiger partial charge in [0.2, 0.25) is 0 Å². The summed E-state index contributed by atoms with van der Waals surface area (Å²) in [5, 5.41) is 0.523. The molecule has 26 heavy (non-hydrogen) atoms. The summed E-state index contributed by atoms with van der Waals surface area (Å²) in [4.78, 5) is 33.8. The number of nitrogens with zero attached hydrogens (tertiary/aromatic N) is 1. The molecule has 6 heteroatoms. The molecule has 0 aliphatic heterocycles. The molecule has 0 bridgehead atoms. The molecule has 0 saturated heterocycles. The second-order valence-electron chi connectivity index (χ2n) is 6.92. The number of para-hydroxylation sites is 1. The molecule has 0 radical (unpaired) electrons. The molecule has 0 spiro atoms. The average molecular weight is 368 g/mol. The first-order chi connectivity index (χ1) is 12.5. The van der Waals surface area contributed by atoms with Crippen LogP contribution >= 0.6 is 11.3 Å². The van der Waals surface area contributed by atoms with Gasteiger partial charge in [0.05, 0.1) is 10.9 Å². The highest BCUT2D eigenvalue weighted by molar-refractivity contribution is 7.14. The third kappa shape index (κ3) is 3.17. The van der Waals surface area contributed by atoms with E-state index >= 15 is 0 Å². The highest BCUT2D eigenvalue weighted by Gasteiger charge is 2.23. The number of nitrogens with one attached hydrogen (secondary N) is 1. The number of thiophene rings is 1. The summed E-state index contributed by atoms with van der Waals surface area (Å²) in [7, 11) is 0. The number of aryl methyl sites for hydroxylation is 1. The summed E-state index contributed by atoms with van der Waals surface area (Å²) in [5.41, 5.74) is 1.63. The molecule has 2 heterocycles. The van der Waals surface area contributed by atoms with Crippen molar-refractivity contribution in [2.75, 3.05) is 0 Å². The molecule has 3 aromatic rings. The lowest BCUT2D eigenvalue weighted by molar-refractivity contribution is 0.0326. The summed E-state index contributed by atoms with van der Waals surface area (Å²) in [6, 6.07) is 9.07. The lowest BCUT2D eigenvalue weighted by atomic mass is 9.90. The van der Waals surface area contributed by atoms with E-state index in [0.717, 1.165) is 12.8 Å². The Labute approximate surface area is 155 Å². The monoisotopic (exact) mass is 368 g/mol. The van der Waals surface area contributed by atoms with Crippen LogP contribution in [0.25, 0.3) is 10.9 Å². The number of ether oxygens (including phenoxy) is 1. The van der Waals surface area contributed by atoms with Crippen LogP contribution in [0.1, 0.15) is 52.3 Å². The zero-order valence-electron chi connectivity index (χ0n) is 14.7. The SMILES string of the molecule is C[C@@H]1CCc2sc(C(=O)O[C@@H](C)c3nc4ccccc4c(=O)[nH]3)cc2C1. The Kier molecular flexibility index (Phi) is 4.36. The summed E-state index contributed by atoms with van der Waals surface area (Å²) >= 11 is 1.52. The molecule has 2 atom stereocenters. The van der Waals surface area contributed by atoms with Crippen LogP contribution in [0.15, 0.2) is 35.1 Å². The minimum absolute atomic E-state index is 0.228. The van der Waals surface area contributed by atoms with Gasteiger partial charge < -0.3 is 9.72 Å². The molecular weight excluding hydrogens is 348 g/mol. The van der Waals surface area contributed by atoms with E-state index in [9.17, 15) is 9.59 Å². The van der Waals surface area contributed by atoms with Gasteiger partial charge in [0.1, 0.15) is 4.88 Å². The first-order valence-electron chi connectivity index (χ1n) is 8.83. The molecular formula is C20H20N2O3S. The number of hydrogen-bond acceptors (Lipinski definition) is 5. The van der Waals surface area contributed by atoms with E-state index in [1.54, 1.807) is 25.1 Å². The highest BCUT2D eigenvalue weighted by atomic mass is 32.1. The van der Waals surface area contributed by atoms with Crippen LogP contribution < -0.4 is 5.56 Å². The van der Waals surface area contributed by atoms with Gasteiger partial charge in [-0.2, -0.15) is 0 Å². The Morgan fingerprint density at radius 2 is 2.19 bits per heavy atom. The molecule has 0 amide bonds. The Morgan fingerprint density at radius 3 is 3.04 bits per heavy atom. The van der Waals surface area contributed by atoms with Crippen molar-refractivity contribution in [2.24, 2.45) is 5.92 Å². The van der Waals surface area contributed by atoms with Crippen LogP contribution in [0, 0.1) is 5.92 Å². The lowest BCUT2D eigenvalue weighted by Crippen LogP contribution is -2.17. The summed E-state index contributed by atoms with van der Waals surface area (Å²) in [5.74, 6) is 0.657. The zero-order chi connectivity index (χ0) is 18.3. The molecule has 1 aliphatic rings. The number of fused-ring (bicyclic) bond motifs is 2. The topological polar surface area (TPSA) is 72.0 Å². The lowest BCUT2D eigenvalue weighted by Gasteiger charge is -2.16. The fourth-order valence-electron chi connectivity index (χ4n) is 3.38. The van der Waals surface area contributed by atoms with Gasteiger partial charge in [-0.25, -0.2) is 9.78 Å². The Balaban J connectivity index is 1.55. The van der Waals surface area contributed by atoms with Crippen molar-refractivity contribution in [3.8, 4) is 0 Å². The number of H-pyrrole nitrogens is 1. The van der Waals surface area contributed by atoms with Crippen molar-refractivity contribution >= 4 is 28.2 Å². The molecule has 0 fully saturated rings. The van der Waals surface area contributed by atoms with Gasteiger partial charge in [-0.15, -0.1) is 11.3 Å². The maximum Gasteiger partial charge on any atom is 0.349 e. The highest BCUT2D eigenvalue weighted by Crippen LogP contribution is 2.33. The van der Waals surface area contributed by atoms with Crippen LogP contribution in [-0.2, 0) is 17.6 Å². The van der Waals surface area contributed by atoms with Gasteiger partial charge in [-0.1, -0.05) is 19.1 Å². The van der Waals surface area contributed by atoms with Crippen molar-refractivity contribution in [1.29, 1.82) is 0 Å². The second kappa shape index (κ2) is 6.68. The Bertz CT molecular complexity index is 1040. The minimum atomic E-state index is -0.627. The van der Waals surface area contributed by atoms with Crippen molar-refractivity contribution < 1.29 is 9.53 Å². The van der Waals surface area contributed by atoms with E-state index in [4.69, 9.17) is 4.74 Å². The van der Waals surface area contributed by atoms with Crippen LogP contribution in [0.4, 0.5) is 0 Å². The van der Waals surface area contributed by atoms with E-state index in [2.05, 4.69) is 16.9 Å². The molecule has 0 saturated carbocycles. The molecule has 1 N–H and O–H groups in total. The van der Waals surface area contributed by atoms with E-state index < -0.39 is 6.10 Å². The van der Waals surface area contributed by atoms with Gasteiger partial charge in [-0.05, 0) is 55.9 Å². The number of carbonyl (C=O) groups is 1. The maximum atomic E-state index is 12.5. The third-order valence-electron chi connectivity index (χ3n) is 4.83. The van der Waals surface area contributed by atoms with Crippen LogP contribution in [0.3, 0.4) is 0 Å². The average Bonchev–Trinajstić information content (AvgIpc) is 3.05. The molecule has 134 valence electrons. The van der Waals surface area contributed by atoms with Gasteiger partial charge in [-0.3, -0.25) is 4.79 Å². The Hall–Kier alpha value is -2.47. The van der Waals surface area contributed by atoms with Crippen LogP contribution in [-0.4, -0.2) is 15.9 Å². The van der Waals surface area contributed by atoms with Gasteiger partial charge in [0, 0.05) is 4.88 Å². The number of hydrogen-bond donors (Lipinski definition) is 1. The number of benzene rings is 1. The van der Waals surface area contributed by atoms with Crippen molar-refractivity contribution in [3.05, 3.63) is 61.8 Å². The quantitative estimate of drug-likeness (QED) is 0.709. The zero-order valence-corrected chi connectivity index (χ0v) is 15.6. The van der Waals surface area contributed by atoms with Crippen LogP contribution in [0.2, 0.25) is 0 Å². The fraction of sp³-hybridized carbons (Fsp3) is 0.350. The van der Waals surface area contributed by atoms with E-state index in [-0.39, 0.29) is 11.5 Å². The van der Waals surface area contributed by atoms with Gasteiger partial charge in [0.15, 0.2) is 11.9 Å². The van der Waals surface area contributed by atoms with E-state index in [1.165, 1.54) is 28.2 Å². The summed E-state index contributed by atoms with van der Waals surface area (Å²) in [6.45, 7) is 3.96. The largest absolute Gasteiger partial charge is 0.450 e. The first-order valence-corrected chi connectivity index (χ1v) is 9.64. The minimum Gasteiger partial charge on any atom is -0.450 e. The number of aromatic nitrogens is 2. The van der Waals surface area contributed by atoms with Crippen molar-refractivity contribution in [3.63, 3.8) is 0 Å². The standard InChI is InChI=1S/C20H20N2O3S/c1-11-7-8-16-13(9-11)10-17(26-16)20(24)25-12(2)18-21-15-6-4-3-5-14(15)19(23)22-18/h3-6,10-12H,7-9H2,1-2H3,(H,21,22,23)/t11-,12+/m1/s1. The predicted molar refractivity (Wildman–Crippen MR) is 102 cm³/mol. The summed E-state index contributed by atoms with van der Waals surface area (Å²) in [6.07, 6.45) is 2.59. The summed E-state index contributed by atoms with van der Waals surface area (Å²) < 4.78 is 5.57. The van der Waals surface area contributed by atoms with Crippen molar-refractivity contribution in [2.45, 2.75) is 39.2 Å². The number of rotatable bonds is 3. The number of aromatic amines is 1. The number of esters is 1. The van der Waals surface area contributed by atoms with Gasteiger partial charge >= 0.3 is 5.97 Å². The molecule has 5 nitrogen and oxygen atoms in total. The predicted octanol–water partition coefficient (Wildman–Crippen LogP) is 4.03. The van der Waals surface area contributed by atoms with Crippen LogP contribution in [0.5, 0.6) is 0 Å². The molecule has 1 aliphatic carbocycles.